The van der Waals surface area contributed by atoms with Crippen LogP contribution in [0.5, 0.6) is 0 Å². The van der Waals surface area contributed by atoms with Crippen LogP contribution in [0.3, 0.4) is 0 Å². The lowest BCUT2D eigenvalue weighted by Crippen LogP contribution is -2.30. The summed E-state index contributed by atoms with van der Waals surface area (Å²) >= 11 is 3.03. The Balaban J connectivity index is 2.20. The summed E-state index contributed by atoms with van der Waals surface area (Å²) in [5.74, 6) is -1.43. The number of imide groups is 1. The minimum Gasteiger partial charge on any atom is -0.268 e. The fourth-order valence-electron chi connectivity index (χ4n) is 2.47. The minimum atomic E-state index is -4.79. The molecule has 2 amide bonds. The zero-order chi connectivity index (χ0) is 17.6. The molecule has 2 aromatic rings. The van der Waals surface area contributed by atoms with Crippen molar-refractivity contribution in [3.05, 3.63) is 63.1 Å². The van der Waals surface area contributed by atoms with Gasteiger partial charge in [-0.3, -0.25) is 9.59 Å². The molecule has 0 aliphatic carbocycles. The number of halogens is 4. The van der Waals surface area contributed by atoms with Crippen LogP contribution in [-0.2, 0) is 6.18 Å². The van der Waals surface area contributed by atoms with E-state index in [2.05, 4.69) is 15.9 Å². The van der Waals surface area contributed by atoms with E-state index in [9.17, 15) is 22.8 Å². The molecule has 3 rings (SSSR count). The highest BCUT2D eigenvalue weighted by atomic mass is 79.9. The van der Waals surface area contributed by atoms with E-state index in [0.29, 0.717) is 11.0 Å². The van der Waals surface area contributed by atoms with Crippen LogP contribution in [0.1, 0.15) is 31.8 Å². The molecule has 0 aromatic heterocycles. The second-order valence-corrected chi connectivity index (χ2v) is 5.80. The number of nitriles is 1. The number of carbonyl (C=O) groups excluding carboxylic acids is 2. The lowest BCUT2D eigenvalue weighted by molar-refractivity contribution is -0.137. The quantitative estimate of drug-likeness (QED) is 0.682. The van der Waals surface area contributed by atoms with Crippen LogP contribution >= 0.6 is 15.9 Å². The molecule has 2 aromatic carbocycles. The minimum absolute atomic E-state index is 0.0431. The Hall–Kier alpha value is -2.66. The average molecular weight is 395 g/mol. The van der Waals surface area contributed by atoms with Crippen LogP contribution in [0.2, 0.25) is 0 Å². The molecule has 1 aliphatic heterocycles. The van der Waals surface area contributed by atoms with Crippen LogP contribution in [0.25, 0.3) is 0 Å². The van der Waals surface area contributed by atoms with Gasteiger partial charge in [-0.05, 0) is 40.2 Å². The number of fused-ring (bicyclic) bond motifs is 1. The van der Waals surface area contributed by atoms with Gasteiger partial charge in [-0.1, -0.05) is 12.1 Å². The maximum absolute atomic E-state index is 13.1. The standard InChI is InChI=1S/C16H6BrF3N2O2/c17-12-5-8(7-21)11(16(18,19)20)6-13(12)22-14(23)9-3-1-2-4-10(9)15(22)24/h1-6H. The molecule has 8 heteroatoms. The Labute approximate surface area is 142 Å². The Morgan fingerprint density at radius 1 is 1.04 bits per heavy atom. The molecule has 0 radical (unpaired) electrons. The van der Waals surface area contributed by atoms with E-state index in [-0.39, 0.29) is 21.3 Å². The third-order valence-corrected chi connectivity index (χ3v) is 4.18. The number of hydrogen-bond acceptors (Lipinski definition) is 3. The van der Waals surface area contributed by atoms with Crippen molar-refractivity contribution in [2.45, 2.75) is 6.18 Å². The molecule has 1 heterocycles. The van der Waals surface area contributed by atoms with Crippen molar-refractivity contribution in [1.29, 1.82) is 5.26 Å². The molecule has 24 heavy (non-hydrogen) atoms. The number of hydrogen-bond donors (Lipinski definition) is 0. The van der Waals surface area contributed by atoms with Gasteiger partial charge in [0.05, 0.1) is 34.0 Å². The zero-order valence-electron chi connectivity index (χ0n) is 11.7. The first kappa shape index (κ1) is 16.2. The maximum atomic E-state index is 13.1. The first-order chi connectivity index (χ1) is 11.3. The summed E-state index contributed by atoms with van der Waals surface area (Å²) in [5, 5.41) is 8.89. The summed E-state index contributed by atoms with van der Waals surface area (Å²) < 4.78 is 39.5. The van der Waals surface area contributed by atoms with Gasteiger partial charge in [0, 0.05) is 4.47 Å². The molecule has 0 saturated carbocycles. The predicted octanol–water partition coefficient (Wildman–Crippen LogP) is 4.14. The highest BCUT2D eigenvalue weighted by Gasteiger charge is 2.40. The molecule has 0 saturated heterocycles. The van der Waals surface area contributed by atoms with Crippen molar-refractivity contribution in [3.8, 4) is 6.07 Å². The van der Waals surface area contributed by atoms with Crippen molar-refractivity contribution >= 4 is 33.4 Å². The van der Waals surface area contributed by atoms with Crippen molar-refractivity contribution in [1.82, 2.24) is 0 Å². The molecular formula is C16H6BrF3N2O2. The smallest absolute Gasteiger partial charge is 0.268 e. The van der Waals surface area contributed by atoms with Crippen LogP contribution < -0.4 is 4.90 Å². The number of anilines is 1. The summed E-state index contributed by atoms with van der Waals surface area (Å²) in [6, 6.07) is 9.01. The Kier molecular flexibility index (Phi) is 3.68. The third kappa shape index (κ3) is 2.37. The van der Waals surface area contributed by atoms with Crippen LogP contribution in [0.4, 0.5) is 18.9 Å². The predicted molar refractivity (Wildman–Crippen MR) is 81.4 cm³/mol. The average Bonchev–Trinajstić information content (AvgIpc) is 2.78. The fraction of sp³-hybridized carbons (Fsp3) is 0.0625. The first-order valence-corrected chi connectivity index (χ1v) is 7.33. The van der Waals surface area contributed by atoms with Crippen molar-refractivity contribution in [3.63, 3.8) is 0 Å². The number of nitrogens with zero attached hydrogens (tertiary/aromatic N) is 2. The molecule has 0 bridgehead atoms. The van der Waals surface area contributed by atoms with Crippen LogP contribution in [-0.4, -0.2) is 11.8 Å². The van der Waals surface area contributed by atoms with Gasteiger partial charge in [-0.2, -0.15) is 18.4 Å². The molecule has 4 nitrogen and oxygen atoms in total. The van der Waals surface area contributed by atoms with Crippen LogP contribution in [0, 0.1) is 11.3 Å². The van der Waals surface area contributed by atoms with Gasteiger partial charge in [0.1, 0.15) is 0 Å². The molecule has 120 valence electrons. The summed E-state index contributed by atoms with van der Waals surface area (Å²) in [7, 11) is 0. The highest BCUT2D eigenvalue weighted by Crippen LogP contribution is 2.40. The van der Waals surface area contributed by atoms with E-state index >= 15 is 0 Å². The Morgan fingerprint density at radius 2 is 1.58 bits per heavy atom. The van der Waals surface area contributed by atoms with E-state index in [4.69, 9.17) is 5.26 Å². The van der Waals surface area contributed by atoms with E-state index in [1.54, 1.807) is 12.1 Å². The van der Waals surface area contributed by atoms with Crippen molar-refractivity contribution in [2.24, 2.45) is 0 Å². The zero-order valence-corrected chi connectivity index (χ0v) is 13.3. The van der Waals surface area contributed by atoms with Crippen LogP contribution in [0.15, 0.2) is 40.9 Å². The Morgan fingerprint density at radius 3 is 2.04 bits per heavy atom. The summed E-state index contributed by atoms with van der Waals surface area (Å²) in [6.45, 7) is 0. The van der Waals surface area contributed by atoms with Crippen molar-refractivity contribution in [2.75, 3.05) is 4.90 Å². The second-order valence-electron chi connectivity index (χ2n) is 4.95. The largest absolute Gasteiger partial charge is 0.417 e. The van der Waals surface area contributed by atoms with E-state index in [1.807, 2.05) is 0 Å². The topological polar surface area (TPSA) is 61.2 Å². The fourth-order valence-corrected chi connectivity index (χ4v) is 2.99. The van der Waals surface area contributed by atoms with Gasteiger partial charge in [-0.15, -0.1) is 0 Å². The van der Waals surface area contributed by atoms with E-state index in [1.165, 1.54) is 18.2 Å². The Bertz CT molecular complexity index is 897. The number of alkyl halides is 3. The maximum Gasteiger partial charge on any atom is 0.417 e. The second kappa shape index (κ2) is 5.46. The molecule has 0 spiro atoms. The number of rotatable bonds is 1. The first-order valence-electron chi connectivity index (χ1n) is 6.54. The monoisotopic (exact) mass is 394 g/mol. The van der Waals surface area contributed by atoms with Crippen molar-refractivity contribution < 1.29 is 22.8 Å². The van der Waals surface area contributed by atoms with Gasteiger partial charge in [-0.25, -0.2) is 4.90 Å². The summed E-state index contributed by atoms with van der Waals surface area (Å²) in [5.41, 5.74) is -1.83. The van der Waals surface area contributed by atoms with E-state index in [0.717, 1.165) is 6.07 Å². The summed E-state index contributed by atoms with van der Waals surface area (Å²) in [6.07, 6.45) is -4.79. The van der Waals surface area contributed by atoms with Gasteiger partial charge < -0.3 is 0 Å². The summed E-state index contributed by atoms with van der Waals surface area (Å²) in [4.78, 5) is 25.5. The number of amides is 2. The normalized spacial score (nSPS) is 13.9. The molecule has 0 unspecified atom stereocenters. The van der Waals surface area contributed by atoms with Gasteiger partial charge >= 0.3 is 6.18 Å². The van der Waals surface area contributed by atoms with Gasteiger partial charge in [0.2, 0.25) is 0 Å². The third-order valence-electron chi connectivity index (χ3n) is 3.55. The van der Waals surface area contributed by atoms with Gasteiger partial charge in [0.15, 0.2) is 0 Å². The molecule has 0 fully saturated rings. The number of carbonyl (C=O) groups is 2. The lowest BCUT2D eigenvalue weighted by atomic mass is 10.1. The molecule has 0 atom stereocenters. The lowest BCUT2D eigenvalue weighted by Gasteiger charge is -2.18. The van der Waals surface area contributed by atoms with E-state index < -0.39 is 29.1 Å². The number of benzene rings is 2. The SMILES string of the molecule is N#Cc1cc(Br)c(N2C(=O)c3ccccc3C2=O)cc1C(F)(F)F. The van der Waals surface area contributed by atoms with Gasteiger partial charge in [0.25, 0.3) is 11.8 Å². The molecule has 0 N–H and O–H groups in total. The molecule has 1 aliphatic rings. The highest BCUT2D eigenvalue weighted by molar-refractivity contribution is 9.10. The molecular weight excluding hydrogens is 389 g/mol.